The number of Topliss-reactive ketones (excluding diaryl/α,β-unsaturated/α-hetero) is 1. The van der Waals surface area contributed by atoms with Crippen LogP contribution in [0, 0.1) is 0 Å². The van der Waals surface area contributed by atoms with Gasteiger partial charge in [-0.25, -0.2) is 0 Å². The molecule has 0 amide bonds. The van der Waals surface area contributed by atoms with E-state index in [4.69, 9.17) is 4.74 Å². The third-order valence-corrected chi connectivity index (χ3v) is 2.82. The van der Waals surface area contributed by atoms with Gasteiger partial charge in [-0.2, -0.15) is 0 Å². The third-order valence-electron chi connectivity index (χ3n) is 2.82. The van der Waals surface area contributed by atoms with Crippen LogP contribution in [0.25, 0.3) is 0 Å². The fraction of sp³-hybridized carbons (Fsp3) is 0.462. The highest BCUT2D eigenvalue weighted by Crippen LogP contribution is 2.14. The number of carbonyl (C=O) groups excluding carboxylic acids is 1. The van der Waals surface area contributed by atoms with Crippen LogP contribution in [0.3, 0.4) is 0 Å². The quantitative estimate of drug-likeness (QED) is 0.840. The molecular weight excluding hydrogens is 216 g/mol. The van der Waals surface area contributed by atoms with Crippen molar-refractivity contribution in [2.45, 2.75) is 13.2 Å². The number of rotatable bonds is 4. The van der Waals surface area contributed by atoms with Gasteiger partial charge in [0.05, 0.1) is 0 Å². The summed E-state index contributed by atoms with van der Waals surface area (Å²) in [6, 6.07) is 9.49. The van der Waals surface area contributed by atoms with E-state index in [1.54, 1.807) is 6.92 Å². The zero-order chi connectivity index (χ0) is 12.1. The zero-order valence-electron chi connectivity index (χ0n) is 10.1. The van der Waals surface area contributed by atoms with Crippen LogP contribution in [-0.2, 0) is 4.79 Å². The highest BCUT2D eigenvalue weighted by molar-refractivity contribution is 5.80. The summed E-state index contributed by atoms with van der Waals surface area (Å²) in [5.74, 6) is 0.794. The average Bonchev–Trinajstić information content (AvgIpc) is 2.38. The van der Waals surface area contributed by atoms with Gasteiger partial charge in [-0.1, -0.05) is 18.2 Å². The Labute approximate surface area is 102 Å². The predicted octanol–water partition coefficient (Wildman–Crippen LogP) is 0.886. The van der Waals surface area contributed by atoms with Crippen molar-refractivity contribution >= 4 is 5.78 Å². The maximum absolute atomic E-state index is 11.7. The van der Waals surface area contributed by atoms with Crippen LogP contribution in [0.5, 0.6) is 5.75 Å². The lowest BCUT2D eigenvalue weighted by Gasteiger charge is -2.33. The van der Waals surface area contributed by atoms with Crippen LogP contribution in [0.15, 0.2) is 30.3 Å². The molecule has 1 unspecified atom stereocenters. The third kappa shape index (κ3) is 3.28. The van der Waals surface area contributed by atoms with E-state index in [0.717, 1.165) is 31.9 Å². The molecule has 1 aromatic carbocycles. The molecule has 0 saturated carbocycles. The minimum absolute atomic E-state index is 0.0516. The first kappa shape index (κ1) is 12.1. The number of hydrogen-bond acceptors (Lipinski definition) is 4. The second-order valence-corrected chi connectivity index (χ2v) is 4.18. The lowest BCUT2D eigenvalue weighted by Crippen LogP contribution is -2.53. The number of ketones is 1. The van der Waals surface area contributed by atoms with Gasteiger partial charge in [0.1, 0.15) is 5.75 Å². The summed E-state index contributed by atoms with van der Waals surface area (Å²) in [5, 5.41) is 3.26. The van der Waals surface area contributed by atoms with E-state index in [9.17, 15) is 4.79 Å². The number of hydrogen-bond donors (Lipinski definition) is 1. The Balaban J connectivity index is 2.04. The van der Waals surface area contributed by atoms with Gasteiger partial charge in [-0.15, -0.1) is 0 Å². The number of benzene rings is 1. The van der Waals surface area contributed by atoms with Crippen LogP contribution < -0.4 is 10.1 Å². The highest BCUT2D eigenvalue weighted by Gasteiger charge is 2.25. The van der Waals surface area contributed by atoms with Crippen molar-refractivity contribution in [3.8, 4) is 5.75 Å². The zero-order valence-corrected chi connectivity index (χ0v) is 10.1. The fourth-order valence-electron chi connectivity index (χ4n) is 1.96. The largest absolute Gasteiger partial charge is 0.468 e. The molecule has 1 aliphatic rings. The minimum atomic E-state index is -0.459. The molecule has 1 atom stereocenters. The Kier molecular flexibility index (Phi) is 4.12. The molecule has 4 heteroatoms. The first-order chi connectivity index (χ1) is 8.27. The van der Waals surface area contributed by atoms with Gasteiger partial charge in [0, 0.05) is 26.2 Å². The summed E-state index contributed by atoms with van der Waals surface area (Å²) >= 11 is 0. The van der Waals surface area contributed by atoms with Crippen molar-refractivity contribution in [3.63, 3.8) is 0 Å². The number of para-hydroxylation sites is 1. The second-order valence-electron chi connectivity index (χ2n) is 4.18. The van der Waals surface area contributed by atoms with E-state index >= 15 is 0 Å². The predicted molar refractivity (Wildman–Crippen MR) is 66.0 cm³/mol. The topological polar surface area (TPSA) is 41.6 Å². The van der Waals surface area contributed by atoms with E-state index in [2.05, 4.69) is 10.2 Å². The maximum atomic E-state index is 11.7. The number of nitrogens with one attached hydrogen (secondary N) is 1. The van der Waals surface area contributed by atoms with Crippen LogP contribution in [0.4, 0.5) is 0 Å². The molecule has 0 bridgehead atoms. The molecule has 1 fully saturated rings. The summed E-state index contributed by atoms with van der Waals surface area (Å²) in [6.07, 6.45) is -0.459. The molecule has 17 heavy (non-hydrogen) atoms. The van der Waals surface area contributed by atoms with Crippen LogP contribution >= 0.6 is 0 Å². The van der Waals surface area contributed by atoms with Crippen LogP contribution in [0.2, 0.25) is 0 Å². The van der Waals surface area contributed by atoms with E-state index in [1.165, 1.54) is 0 Å². The van der Waals surface area contributed by atoms with Gasteiger partial charge >= 0.3 is 0 Å². The van der Waals surface area contributed by atoms with Gasteiger partial charge in [-0.05, 0) is 19.1 Å². The summed E-state index contributed by atoms with van der Waals surface area (Å²) in [4.78, 5) is 13.7. The van der Waals surface area contributed by atoms with E-state index in [1.807, 2.05) is 30.3 Å². The highest BCUT2D eigenvalue weighted by atomic mass is 16.5. The number of piperazine rings is 1. The molecular formula is C13H18N2O2. The van der Waals surface area contributed by atoms with Crippen molar-refractivity contribution in [1.82, 2.24) is 10.2 Å². The standard InChI is InChI=1S/C13H18N2O2/c1-11(16)13(15-9-7-14-8-10-15)17-12-5-3-2-4-6-12/h2-6,13-14H,7-10H2,1H3. The summed E-state index contributed by atoms with van der Waals surface area (Å²) in [6.45, 7) is 5.08. The lowest BCUT2D eigenvalue weighted by molar-refractivity contribution is -0.132. The first-order valence-corrected chi connectivity index (χ1v) is 5.94. The van der Waals surface area contributed by atoms with Crippen LogP contribution in [-0.4, -0.2) is 43.1 Å². The van der Waals surface area contributed by atoms with Crippen molar-refractivity contribution in [3.05, 3.63) is 30.3 Å². The summed E-state index contributed by atoms with van der Waals surface area (Å²) in [5.41, 5.74) is 0. The van der Waals surface area contributed by atoms with Gasteiger partial charge < -0.3 is 10.1 Å². The van der Waals surface area contributed by atoms with Crippen molar-refractivity contribution in [2.75, 3.05) is 26.2 Å². The molecule has 1 aromatic rings. The molecule has 4 nitrogen and oxygen atoms in total. The van der Waals surface area contributed by atoms with E-state index in [0.29, 0.717) is 0 Å². The number of ether oxygens (including phenoxy) is 1. The number of carbonyl (C=O) groups is 1. The van der Waals surface area contributed by atoms with E-state index in [-0.39, 0.29) is 5.78 Å². The summed E-state index contributed by atoms with van der Waals surface area (Å²) < 4.78 is 5.76. The van der Waals surface area contributed by atoms with Crippen molar-refractivity contribution in [1.29, 1.82) is 0 Å². The van der Waals surface area contributed by atoms with Crippen molar-refractivity contribution < 1.29 is 9.53 Å². The Morgan fingerprint density at radius 3 is 2.53 bits per heavy atom. The first-order valence-electron chi connectivity index (χ1n) is 5.94. The Morgan fingerprint density at radius 1 is 1.29 bits per heavy atom. The Morgan fingerprint density at radius 2 is 1.94 bits per heavy atom. The Bertz CT molecular complexity index is 361. The molecule has 0 radical (unpaired) electrons. The fourth-order valence-corrected chi connectivity index (χ4v) is 1.96. The van der Waals surface area contributed by atoms with Gasteiger partial charge in [0.25, 0.3) is 0 Å². The molecule has 1 heterocycles. The molecule has 0 aliphatic carbocycles. The normalized spacial score (nSPS) is 18.6. The summed E-state index contributed by atoms with van der Waals surface area (Å²) in [7, 11) is 0. The smallest absolute Gasteiger partial charge is 0.211 e. The second kappa shape index (κ2) is 5.80. The molecule has 2 rings (SSSR count). The Hall–Kier alpha value is -1.39. The molecule has 1 N–H and O–H groups in total. The average molecular weight is 234 g/mol. The maximum Gasteiger partial charge on any atom is 0.211 e. The molecule has 0 aromatic heterocycles. The van der Waals surface area contributed by atoms with E-state index < -0.39 is 6.23 Å². The van der Waals surface area contributed by atoms with Gasteiger partial charge in [0.2, 0.25) is 6.23 Å². The molecule has 92 valence electrons. The van der Waals surface area contributed by atoms with Gasteiger partial charge in [0.15, 0.2) is 5.78 Å². The van der Waals surface area contributed by atoms with Gasteiger partial charge in [-0.3, -0.25) is 9.69 Å². The van der Waals surface area contributed by atoms with Crippen molar-refractivity contribution in [2.24, 2.45) is 0 Å². The lowest BCUT2D eigenvalue weighted by atomic mass is 10.2. The van der Waals surface area contributed by atoms with Crippen LogP contribution in [0.1, 0.15) is 6.92 Å². The molecule has 1 saturated heterocycles. The number of nitrogens with zero attached hydrogens (tertiary/aromatic N) is 1. The monoisotopic (exact) mass is 234 g/mol. The molecule has 0 spiro atoms. The molecule has 1 aliphatic heterocycles. The minimum Gasteiger partial charge on any atom is -0.468 e. The SMILES string of the molecule is CC(=O)C(Oc1ccccc1)N1CCNCC1.